The highest BCUT2D eigenvalue weighted by molar-refractivity contribution is 7.88. The number of hydrogen-bond acceptors (Lipinski definition) is 5. The summed E-state index contributed by atoms with van der Waals surface area (Å²) in [5, 5.41) is 2.24. The number of fused-ring (bicyclic) bond motifs is 1. The Hall–Kier alpha value is -3.49. The van der Waals surface area contributed by atoms with Crippen molar-refractivity contribution in [2.45, 2.75) is 38.8 Å². The molecule has 0 radical (unpaired) electrons. The van der Waals surface area contributed by atoms with Crippen LogP contribution in [0.2, 0.25) is 0 Å². The second kappa shape index (κ2) is 10.2. The Labute approximate surface area is 212 Å². The summed E-state index contributed by atoms with van der Waals surface area (Å²) >= 11 is 0. The van der Waals surface area contributed by atoms with Gasteiger partial charge in [-0.2, -0.15) is 8.42 Å². The number of rotatable bonds is 6. The third-order valence-corrected chi connectivity index (χ3v) is 7.73. The first-order valence-corrected chi connectivity index (χ1v) is 13.7. The summed E-state index contributed by atoms with van der Waals surface area (Å²) in [5.41, 5.74) is 3.57. The Kier molecular flexibility index (Phi) is 6.89. The highest BCUT2D eigenvalue weighted by Gasteiger charge is 2.24. The van der Waals surface area contributed by atoms with Crippen molar-refractivity contribution in [3.8, 4) is 0 Å². The summed E-state index contributed by atoms with van der Waals surface area (Å²) in [4.78, 5) is 18.6. The van der Waals surface area contributed by atoms with E-state index in [1.807, 2.05) is 54.6 Å². The van der Waals surface area contributed by atoms with Crippen LogP contribution in [0.5, 0.6) is 0 Å². The van der Waals surface area contributed by atoms with Crippen molar-refractivity contribution in [3.05, 3.63) is 95.2 Å². The number of carbonyl (C=O) groups is 1. The number of aliphatic imine (C=N–C) groups is 1. The van der Waals surface area contributed by atoms with E-state index in [-0.39, 0.29) is 11.8 Å². The molecule has 2 aliphatic heterocycles. The van der Waals surface area contributed by atoms with Gasteiger partial charge in [-0.15, -0.1) is 0 Å². The molecular weight excluding hydrogens is 472 g/mol. The molecule has 0 unspecified atom stereocenters. The third kappa shape index (κ3) is 5.83. The van der Waals surface area contributed by atoms with Crippen LogP contribution >= 0.6 is 0 Å². The summed E-state index contributed by atoms with van der Waals surface area (Å²) in [6, 6.07) is 22.0. The fourth-order valence-electron chi connectivity index (χ4n) is 4.87. The average molecular weight is 503 g/mol. The molecule has 0 spiro atoms. The lowest BCUT2D eigenvalue weighted by Crippen LogP contribution is -2.45. The second-order valence-electron chi connectivity index (χ2n) is 9.47. The normalized spacial score (nSPS) is 19.5. The number of hydrogen-bond donors (Lipinski definition) is 2. The zero-order chi connectivity index (χ0) is 25.1. The van der Waals surface area contributed by atoms with Crippen molar-refractivity contribution in [2.24, 2.45) is 4.99 Å². The molecule has 0 saturated carbocycles. The number of amidine groups is 1. The average Bonchev–Trinajstić information content (AvgIpc) is 2.85. The van der Waals surface area contributed by atoms with Gasteiger partial charge in [0.25, 0.3) is 0 Å². The van der Waals surface area contributed by atoms with Gasteiger partial charge in [-0.3, -0.25) is 24.1 Å². The van der Waals surface area contributed by atoms with Crippen LogP contribution in [0.1, 0.15) is 41.3 Å². The van der Waals surface area contributed by atoms with E-state index >= 15 is 0 Å². The minimum Gasteiger partial charge on any atom is -0.299 e. The van der Waals surface area contributed by atoms with Gasteiger partial charge in [-0.1, -0.05) is 66.7 Å². The number of Topliss-reactive ketones (excluding diaryl/α,β-unsaturated/α-hetero) is 1. The smallest absolute Gasteiger partial charge is 0.299 e. The third-order valence-electron chi connectivity index (χ3n) is 6.72. The molecule has 0 amide bonds. The van der Waals surface area contributed by atoms with Gasteiger partial charge >= 0.3 is 10.2 Å². The topological polar surface area (TPSA) is 90.9 Å². The first-order valence-electron chi connectivity index (χ1n) is 12.2. The molecule has 3 aromatic carbocycles. The summed E-state index contributed by atoms with van der Waals surface area (Å²) in [5.74, 6) is 0.464. The summed E-state index contributed by atoms with van der Waals surface area (Å²) in [6.45, 7) is 4.17. The van der Waals surface area contributed by atoms with Gasteiger partial charge in [0.15, 0.2) is 5.78 Å². The second-order valence-corrected chi connectivity index (χ2v) is 10.9. The van der Waals surface area contributed by atoms with E-state index in [4.69, 9.17) is 4.99 Å². The van der Waals surface area contributed by atoms with Crippen molar-refractivity contribution < 1.29 is 13.2 Å². The predicted octanol–water partition coefficient (Wildman–Crippen LogP) is 3.97. The fraction of sp³-hybridized carbons (Fsp3) is 0.286. The molecule has 186 valence electrons. The maximum atomic E-state index is 12.5. The number of piperidine rings is 1. The van der Waals surface area contributed by atoms with Crippen LogP contribution in [0.25, 0.3) is 10.8 Å². The molecule has 5 rings (SSSR count). The number of nitrogens with one attached hydrogen (secondary N) is 2. The molecule has 1 fully saturated rings. The SMILES string of the molecule is CC(=O)c1ccc(CN2CCC(N=C3C=C(Cc4cccc5ccccc45)NS(=O)(=O)N3)CC2)cc1. The van der Waals surface area contributed by atoms with Crippen LogP contribution in [-0.2, 0) is 23.2 Å². The number of carbonyl (C=O) groups excluding carboxylic acids is 1. The van der Waals surface area contributed by atoms with Crippen molar-refractivity contribution in [3.63, 3.8) is 0 Å². The lowest BCUT2D eigenvalue weighted by Gasteiger charge is -2.31. The lowest BCUT2D eigenvalue weighted by atomic mass is 10.0. The monoisotopic (exact) mass is 502 g/mol. The van der Waals surface area contributed by atoms with Gasteiger partial charge in [0, 0.05) is 43.4 Å². The highest BCUT2D eigenvalue weighted by Crippen LogP contribution is 2.22. The Balaban J connectivity index is 1.25. The molecule has 0 aliphatic carbocycles. The number of likely N-dealkylation sites (tertiary alicyclic amines) is 1. The molecule has 0 bridgehead atoms. The quantitative estimate of drug-likeness (QED) is 0.499. The van der Waals surface area contributed by atoms with Gasteiger partial charge in [0.2, 0.25) is 0 Å². The Morgan fingerprint density at radius 3 is 2.44 bits per heavy atom. The molecule has 0 aromatic heterocycles. The highest BCUT2D eigenvalue weighted by atomic mass is 32.2. The molecule has 0 atom stereocenters. The molecule has 2 heterocycles. The molecule has 8 heteroatoms. The molecule has 36 heavy (non-hydrogen) atoms. The first-order chi connectivity index (χ1) is 17.3. The number of benzene rings is 3. The van der Waals surface area contributed by atoms with Gasteiger partial charge < -0.3 is 0 Å². The number of nitrogens with zero attached hydrogens (tertiary/aromatic N) is 2. The molecular formula is C28H30N4O3S. The van der Waals surface area contributed by atoms with E-state index in [2.05, 4.69) is 32.5 Å². The minimum absolute atomic E-state index is 0.0622. The van der Waals surface area contributed by atoms with Gasteiger partial charge in [0.1, 0.15) is 5.84 Å². The van der Waals surface area contributed by atoms with Crippen LogP contribution in [0, 0.1) is 0 Å². The number of ketones is 1. The van der Waals surface area contributed by atoms with Crippen LogP contribution < -0.4 is 9.44 Å². The summed E-state index contributed by atoms with van der Waals surface area (Å²) in [7, 11) is -3.70. The van der Waals surface area contributed by atoms with Crippen LogP contribution in [0.3, 0.4) is 0 Å². The van der Waals surface area contributed by atoms with Crippen LogP contribution in [0.15, 0.2) is 83.5 Å². The molecule has 7 nitrogen and oxygen atoms in total. The molecule has 1 saturated heterocycles. The largest absolute Gasteiger partial charge is 0.322 e. The van der Waals surface area contributed by atoms with Gasteiger partial charge in [-0.25, -0.2) is 0 Å². The maximum Gasteiger partial charge on any atom is 0.322 e. The zero-order valence-corrected chi connectivity index (χ0v) is 21.1. The van der Waals surface area contributed by atoms with E-state index in [0.29, 0.717) is 18.0 Å². The Bertz CT molecular complexity index is 1430. The van der Waals surface area contributed by atoms with Crippen LogP contribution in [0.4, 0.5) is 0 Å². The van der Waals surface area contributed by atoms with Crippen molar-refractivity contribution in [2.75, 3.05) is 13.1 Å². The summed E-state index contributed by atoms with van der Waals surface area (Å²) < 4.78 is 30.2. The Morgan fingerprint density at radius 2 is 1.69 bits per heavy atom. The Morgan fingerprint density at radius 1 is 0.972 bits per heavy atom. The standard InChI is InChI=1S/C28H30N4O3S/c1-20(33)22-11-9-21(10-12-22)19-32-15-13-25(14-16-32)29-28-18-26(30-36(34,35)31-28)17-24-7-4-6-23-5-2-3-8-27(23)24/h2-12,18,25,30H,13-17,19H2,1H3,(H,29,31). The lowest BCUT2D eigenvalue weighted by molar-refractivity contribution is 0.101. The van der Waals surface area contributed by atoms with Gasteiger partial charge in [0.05, 0.1) is 6.04 Å². The van der Waals surface area contributed by atoms with Crippen molar-refractivity contribution in [1.29, 1.82) is 0 Å². The molecule has 3 aromatic rings. The zero-order valence-electron chi connectivity index (χ0n) is 20.3. The van der Waals surface area contributed by atoms with E-state index in [0.717, 1.165) is 54.4 Å². The van der Waals surface area contributed by atoms with E-state index in [1.165, 1.54) is 5.56 Å². The van der Waals surface area contributed by atoms with Crippen molar-refractivity contribution in [1.82, 2.24) is 14.3 Å². The van der Waals surface area contributed by atoms with E-state index < -0.39 is 10.2 Å². The van der Waals surface area contributed by atoms with Crippen LogP contribution in [-0.4, -0.2) is 44.1 Å². The fourth-order valence-corrected chi connectivity index (χ4v) is 5.78. The predicted molar refractivity (Wildman–Crippen MR) is 143 cm³/mol. The first kappa shape index (κ1) is 24.2. The molecule has 2 N–H and O–H groups in total. The van der Waals surface area contributed by atoms with E-state index in [9.17, 15) is 13.2 Å². The summed E-state index contributed by atoms with van der Waals surface area (Å²) in [6.07, 6.45) is 4.00. The minimum atomic E-state index is -3.70. The maximum absolute atomic E-state index is 12.5. The molecule has 2 aliphatic rings. The van der Waals surface area contributed by atoms with E-state index in [1.54, 1.807) is 6.92 Å². The van der Waals surface area contributed by atoms with Crippen molar-refractivity contribution >= 4 is 32.6 Å². The number of allylic oxidation sites excluding steroid dienone is 1. The van der Waals surface area contributed by atoms with Gasteiger partial charge in [-0.05, 0) is 41.7 Å².